The second kappa shape index (κ2) is 7.13. The summed E-state index contributed by atoms with van der Waals surface area (Å²) in [7, 11) is 3.02. The van der Waals surface area contributed by atoms with Crippen molar-refractivity contribution in [3.05, 3.63) is 35.9 Å². The lowest BCUT2D eigenvalue weighted by Crippen LogP contribution is -2.50. The van der Waals surface area contributed by atoms with Gasteiger partial charge in [-0.05, 0) is 18.9 Å². The highest BCUT2D eigenvalue weighted by molar-refractivity contribution is 5.80. The summed E-state index contributed by atoms with van der Waals surface area (Å²) in [6, 6.07) is 9.94. The van der Waals surface area contributed by atoms with Gasteiger partial charge >= 0.3 is 5.97 Å². The van der Waals surface area contributed by atoms with Gasteiger partial charge in [0.2, 0.25) is 0 Å². The van der Waals surface area contributed by atoms with Crippen LogP contribution in [0.25, 0.3) is 0 Å². The van der Waals surface area contributed by atoms with Gasteiger partial charge in [0.25, 0.3) is 0 Å². The van der Waals surface area contributed by atoms with Gasteiger partial charge in [-0.15, -0.1) is 0 Å². The molecule has 0 radical (unpaired) electrons. The number of benzene rings is 1. The molecule has 18 heavy (non-hydrogen) atoms. The summed E-state index contributed by atoms with van der Waals surface area (Å²) in [5.74, 6) is -0.268. The molecule has 0 aliphatic rings. The number of methoxy groups -OCH3 is 2. The summed E-state index contributed by atoms with van der Waals surface area (Å²) in [5, 5.41) is 3.24. The van der Waals surface area contributed by atoms with Crippen LogP contribution in [0.4, 0.5) is 0 Å². The molecule has 1 aromatic rings. The van der Waals surface area contributed by atoms with Crippen molar-refractivity contribution in [3.63, 3.8) is 0 Å². The van der Waals surface area contributed by atoms with Gasteiger partial charge in [-0.25, -0.2) is 0 Å². The number of hydrogen-bond donors (Lipinski definition) is 1. The van der Waals surface area contributed by atoms with E-state index in [4.69, 9.17) is 9.47 Å². The van der Waals surface area contributed by atoms with Crippen molar-refractivity contribution >= 4 is 5.97 Å². The average molecular weight is 251 g/mol. The van der Waals surface area contributed by atoms with E-state index in [0.29, 0.717) is 19.6 Å². The molecule has 4 heteroatoms. The molecule has 0 spiro atoms. The molecule has 0 bridgehead atoms. The van der Waals surface area contributed by atoms with Crippen LogP contribution < -0.4 is 5.32 Å². The highest BCUT2D eigenvalue weighted by Gasteiger charge is 2.33. The molecule has 1 atom stereocenters. The van der Waals surface area contributed by atoms with E-state index in [1.807, 2.05) is 37.3 Å². The summed E-state index contributed by atoms with van der Waals surface area (Å²) in [6.45, 7) is 2.96. The van der Waals surface area contributed by atoms with Crippen molar-refractivity contribution in [3.8, 4) is 0 Å². The van der Waals surface area contributed by atoms with Crippen molar-refractivity contribution in [2.24, 2.45) is 0 Å². The quantitative estimate of drug-likeness (QED) is 0.750. The van der Waals surface area contributed by atoms with E-state index >= 15 is 0 Å². The van der Waals surface area contributed by atoms with Crippen molar-refractivity contribution in [2.45, 2.75) is 25.4 Å². The van der Waals surface area contributed by atoms with Crippen molar-refractivity contribution < 1.29 is 14.3 Å². The Morgan fingerprint density at radius 3 is 2.50 bits per heavy atom. The maximum absolute atomic E-state index is 11.8. The van der Waals surface area contributed by atoms with Crippen molar-refractivity contribution in [1.82, 2.24) is 5.32 Å². The maximum atomic E-state index is 11.8. The topological polar surface area (TPSA) is 47.6 Å². The van der Waals surface area contributed by atoms with E-state index in [2.05, 4.69) is 5.32 Å². The van der Waals surface area contributed by atoms with Crippen LogP contribution in [0, 0.1) is 0 Å². The lowest BCUT2D eigenvalue weighted by molar-refractivity contribution is -0.148. The van der Waals surface area contributed by atoms with Gasteiger partial charge in [0.1, 0.15) is 5.54 Å². The fraction of sp³-hybridized carbons (Fsp3) is 0.500. The second-order valence-electron chi connectivity index (χ2n) is 4.41. The molecule has 100 valence electrons. The largest absolute Gasteiger partial charge is 0.468 e. The maximum Gasteiger partial charge on any atom is 0.325 e. The molecule has 1 aromatic carbocycles. The Hall–Kier alpha value is -1.39. The fourth-order valence-corrected chi connectivity index (χ4v) is 1.69. The minimum atomic E-state index is -0.722. The van der Waals surface area contributed by atoms with E-state index in [0.717, 1.165) is 5.56 Å². The predicted octanol–water partition coefficient (Wildman–Crippen LogP) is 1.74. The van der Waals surface area contributed by atoms with Crippen LogP contribution in [0.3, 0.4) is 0 Å². The summed E-state index contributed by atoms with van der Waals surface area (Å²) < 4.78 is 9.88. The molecule has 0 aliphatic heterocycles. The van der Waals surface area contributed by atoms with Gasteiger partial charge in [0.15, 0.2) is 0 Å². The highest BCUT2D eigenvalue weighted by atomic mass is 16.5. The Bertz CT molecular complexity index is 367. The molecule has 4 nitrogen and oxygen atoms in total. The Morgan fingerprint density at radius 2 is 1.94 bits per heavy atom. The summed E-state index contributed by atoms with van der Waals surface area (Å²) >= 11 is 0. The number of carbonyl (C=O) groups is 1. The third-order valence-corrected chi connectivity index (χ3v) is 2.97. The number of esters is 1. The molecule has 0 aliphatic carbocycles. The smallest absolute Gasteiger partial charge is 0.325 e. The van der Waals surface area contributed by atoms with E-state index in [9.17, 15) is 4.79 Å². The Balaban J connectivity index is 2.64. The Labute approximate surface area is 108 Å². The normalized spacial score (nSPS) is 13.9. The van der Waals surface area contributed by atoms with Gasteiger partial charge in [0, 0.05) is 20.3 Å². The first-order valence-electron chi connectivity index (χ1n) is 5.98. The molecule has 0 heterocycles. The lowest BCUT2D eigenvalue weighted by Gasteiger charge is -2.27. The van der Waals surface area contributed by atoms with Gasteiger partial charge < -0.3 is 9.47 Å². The number of carbonyl (C=O) groups excluding carboxylic acids is 1. The predicted molar refractivity (Wildman–Crippen MR) is 70.2 cm³/mol. The first-order chi connectivity index (χ1) is 8.62. The molecule has 0 amide bonds. The van der Waals surface area contributed by atoms with E-state index in [-0.39, 0.29) is 5.97 Å². The van der Waals surface area contributed by atoms with Gasteiger partial charge in [-0.3, -0.25) is 10.1 Å². The van der Waals surface area contributed by atoms with Crippen molar-refractivity contribution in [2.75, 3.05) is 20.8 Å². The summed E-state index contributed by atoms with van der Waals surface area (Å²) in [6.07, 6.45) is 0.572. The minimum absolute atomic E-state index is 0.268. The zero-order valence-corrected chi connectivity index (χ0v) is 11.2. The summed E-state index contributed by atoms with van der Waals surface area (Å²) in [5.41, 5.74) is 0.408. The molecule has 1 unspecified atom stereocenters. The molecule has 1 N–H and O–H groups in total. The monoisotopic (exact) mass is 251 g/mol. The zero-order chi connectivity index (χ0) is 13.4. The number of ether oxygens (including phenoxy) is 2. The molecule has 1 rings (SSSR count). The fourth-order valence-electron chi connectivity index (χ4n) is 1.69. The van der Waals surface area contributed by atoms with Crippen LogP contribution in [0.2, 0.25) is 0 Å². The standard InChI is InChI=1S/C14H21NO3/c1-14(9-10-17-2,13(16)18-3)15-11-12-7-5-4-6-8-12/h4-8,15H,9-11H2,1-3H3. The minimum Gasteiger partial charge on any atom is -0.468 e. The van der Waals surface area contributed by atoms with Crippen LogP contribution in [0.15, 0.2) is 30.3 Å². The van der Waals surface area contributed by atoms with E-state index in [1.54, 1.807) is 7.11 Å². The Morgan fingerprint density at radius 1 is 1.28 bits per heavy atom. The number of hydrogen-bond acceptors (Lipinski definition) is 4. The van der Waals surface area contributed by atoms with Crippen LogP contribution in [0.5, 0.6) is 0 Å². The first-order valence-corrected chi connectivity index (χ1v) is 5.98. The number of rotatable bonds is 7. The molecule has 0 fully saturated rings. The van der Waals surface area contributed by atoms with E-state index in [1.165, 1.54) is 7.11 Å². The van der Waals surface area contributed by atoms with Gasteiger partial charge in [0.05, 0.1) is 7.11 Å². The molecule has 0 saturated heterocycles. The van der Waals surface area contributed by atoms with Crippen LogP contribution in [-0.4, -0.2) is 32.3 Å². The first kappa shape index (κ1) is 14.7. The Kier molecular flexibility index (Phi) is 5.82. The summed E-state index contributed by atoms with van der Waals surface area (Å²) in [4.78, 5) is 11.8. The van der Waals surface area contributed by atoms with Gasteiger partial charge in [-0.1, -0.05) is 30.3 Å². The SMILES string of the molecule is COCCC(C)(NCc1ccccc1)C(=O)OC. The zero-order valence-electron chi connectivity index (χ0n) is 11.2. The third kappa shape index (κ3) is 4.13. The van der Waals surface area contributed by atoms with Crippen molar-refractivity contribution in [1.29, 1.82) is 0 Å². The van der Waals surface area contributed by atoms with E-state index < -0.39 is 5.54 Å². The van der Waals surface area contributed by atoms with Crippen LogP contribution >= 0.6 is 0 Å². The number of nitrogens with one attached hydrogen (secondary N) is 1. The van der Waals surface area contributed by atoms with Gasteiger partial charge in [-0.2, -0.15) is 0 Å². The van der Waals surface area contributed by atoms with Crippen LogP contribution in [0.1, 0.15) is 18.9 Å². The second-order valence-corrected chi connectivity index (χ2v) is 4.41. The average Bonchev–Trinajstić information content (AvgIpc) is 2.43. The van der Waals surface area contributed by atoms with Crippen LogP contribution in [-0.2, 0) is 20.8 Å². The molecular formula is C14H21NO3. The molecular weight excluding hydrogens is 230 g/mol. The highest BCUT2D eigenvalue weighted by Crippen LogP contribution is 2.13. The third-order valence-electron chi connectivity index (χ3n) is 2.97. The molecule has 0 saturated carbocycles. The lowest BCUT2D eigenvalue weighted by atomic mass is 9.98. The molecule has 0 aromatic heterocycles.